The molecule has 0 bridgehead atoms. The summed E-state index contributed by atoms with van der Waals surface area (Å²) in [6, 6.07) is -3.87. The van der Waals surface area contributed by atoms with E-state index in [0.717, 1.165) is 4.90 Å². The van der Waals surface area contributed by atoms with Crippen molar-refractivity contribution < 1.29 is 34.2 Å². The molecule has 4 atom stereocenters. The quantitative estimate of drug-likeness (QED) is 0.245. The van der Waals surface area contributed by atoms with Gasteiger partial charge in [0.2, 0.25) is 29.5 Å². The van der Waals surface area contributed by atoms with Crippen molar-refractivity contribution in [3.8, 4) is 0 Å². The number of carbonyl (C=O) groups excluding carboxylic acids is 5. The summed E-state index contributed by atoms with van der Waals surface area (Å²) in [6.07, 6.45) is -1.51. The van der Waals surface area contributed by atoms with Crippen LogP contribution in [0, 0.1) is 0 Å². The van der Waals surface area contributed by atoms with Gasteiger partial charge in [-0.2, -0.15) is 0 Å². The molecule has 0 saturated carbocycles. The van der Waals surface area contributed by atoms with Crippen LogP contribution in [0.2, 0.25) is 0 Å². The Morgan fingerprint density at radius 3 is 2.23 bits per heavy atom. The summed E-state index contributed by atoms with van der Waals surface area (Å²) in [4.78, 5) is 59.6. The van der Waals surface area contributed by atoms with Crippen LogP contribution in [0.4, 0.5) is 0 Å². The standard InChI is InChI=1S/C14H23N5O7/c1-6(21)19-4-7(22)2-10(19)14(26)17-8(3-11(15)23)13(25)18-9(5-20)12(16)24/h7-10,20,22H,2-5H2,1H3,(H2,15,23)(H2,16,24)(H,17,26)(H,18,25)/t7-,8+,9+,10?/m1/s1. The minimum atomic E-state index is -1.44. The number of nitrogens with two attached hydrogens (primary N) is 2. The van der Waals surface area contributed by atoms with E-state index in [1.165, 1.54) is 6.92 Å². The first-order chi connectivity index (χ1) is 12.1. The zero-order valence-electron chi connectivity index (χ0n) is 14.2. The van der Waals surface area contributed by atoms with Crippen LogP contribution < -0.4 is 22.1 Å². The second kappa shape index (κ2) is 9.10. The zero-order chi connectivity index (χ0) is 20.0. The zero-order valence-corrected chi connectivity index (χ0v) is 14.2. The van der Waals surface area contributed by atoms with Gasteiger partial charge in [0.25, 0.3) is 0 Å². The van der Waals surface area contributed by atoms with Crippen molar-refractivity contribution in [2.24, 2.45) is 11.5 Å². The van der Waals surface area contributed by atoms with Gasteiger partial charge in [-0.25, -0.2) is 0 Å². The van der Waals surface area contributed by atoms with Crippen molar-refractivity contribution in [3.05, 3.63) is 0 Å². The van der Waals surface area contributed by atoms with Crippen molar-refractivity contribution in [1.82, 2.24) is 15.5 Å². The number of hydrogen-bond donors (Lipinski definition) is 6. The summed E-state index contributed by atoms with van der Waals surface area (Å²) in [5.74, 6) is -4.07. The molecule has 1 fully saturated rings. The van der Waals surface area contributed by atoms with E-state index in [1.807, 2.05) is 0 Å². The number of rotatable bonds is 8. The van der Waals surface area contributed by atoms with Crippen molar-refractivity contribution in [3.63, 3.8) is 0 Å². The fourth-order valence-corrected chi connectivity index (χ4v) is 2.57. The van der Waals surface area contributed by atoms with Crippen LogP contribution in [-0.2, 0) is 24.0 Å². The van der Waals surface area contributed by atoms with E-state index in [9.17, 15) is 29.1 Å². The molecule has 0 aromatic heterocycles. The molecule has 12 nitrogen and oxygen atoms in total. The van der Waals surface area contributed by atoms with Crippen LogP contribution in [0.25, 0.3) is 0 Å². The first-order valence-corrected chi connectivity index (χ1v) is 7.81. The molecule has 1 unspecified atom stereocenters. The molecule has 1 aliphatic rings. The summed E-state index contributed by atoms with van der Waals surface area (Å²) in [5.41, 5.74) is 10.1. The number of β-amino-alcohol motifs (C(OH)–C–C–N with tert-alkyl or cyclic N) is 1. The van der Waals surface area contributed by atoms with E-state index in [4.69, 9.17) is 16.6 Å². The summed E-state index contributed by atoms with van der Waals surface area (Å²) in [5, 5.41) is 23.1. The van der Waals surface area contributed by atoms with Crippen LogP contribution >= 0.6 is 0 Å². The highest BCUT2D eigenvalue weighted by atomic mass is 16.3. The molecular weight excluding hydrogens is 350 g/mol. The maximum Gasteiger partial charge on any atom is 0.243 e. The maximum atomic E-state index is 12.4. The summed E-state index contributed by atoms with van der Waals surface area (Å²) in [7, 11) is 0. The van der Waals surface area contributed by atoms with Crippen molar-refractivity contribution in [2.45, 2.75) is 44.0 Å². The van der Waals surface area contributed by atoms with E-state index in [2.05, 4.69) is 10.6 Å². The van der Waals surface area contributed by atoms with Crippen LogP contribution in [0.3, 0.4) is 0 Å². The van der Waals surface area contributed by atoms with Gasteiger partial charge in [-0.15, -0.1) is 0 Å². The number of hydrogen-bond acceptors (Lipinski definition) is 7. The van der Waals surface area contributed by atoms with Gasteiger partial charge in [0.1, 0.15) is 18.1 Å². The van der Waals surface area contributed by atoms with Crippen LogP contribution in [-0.4, -0.2) is 82.0 Å². The maximum absolute atomic E-state index is 12.4. The van der Waals surface area contributed by atoms with Crippen molar-refractivity contribution in [1.29, 1.82) is 0 Å². The van der Waals surface area contributed by atoms with Gasteiger partial charge in [0.15, 0.2) is 0 Å². The van der Waals surface area contributed by atoms with Crippen molar-refractivity contribution in [2.75, 3.05) is 13.2 Å². The first kappa shape index (κ1) is 21.3. The predicted octanol–water partition coefficient (Wildman–Crippen LogP) is -4.71. The molecule has 0 spiro atoms. The molecule has 0 aromatic rings. The Morgan fingerprint density at radius 1 is 1.15 bits per heavy atom. The lowest BCUT2D eigenvalue weighted by molar-refractivity contribution is -0.139. The molecule has 146 valence electrons. The Balaban J connectivity index is 2.87. The molecule has 1 heterocycles. The lowest BCUT2D eigenvalue weighted by atomic mass is 10.1. The third-order valence-electron chi connectivity index (χ3n) is 3.87. The van der Waals surface area contributed by atoms with Gasteiger partial charge in [0.05, 0.1) is 19.1 Å². The average Bonchev–Trinajstić information content (AvgIpc) is 2.93. The second-order valence-corrected chi connectivity index (χ2v) is 5.95. The molecule has 0 aromatic carbocycles. The lowest BCUT2D eigenvalue weighted by Gasteiger charge is -2.25. The van der Waals surface area contributed by atoms with Gasteiger partial charge >= 0.3 is 0 Å². The number of amides is 5. The van der Waals surface area contributed by atoms with Crippen LogP contribution in [0.5, 0.6) is 0 Å². The minimum Gasteiger partial charge on any atom is -0.394 e. The highest BCUT2D eigenvalue weighted by Gasteiger charge is 2.39. The van der Waals surface area contributed by atoms with Crippen LogP contribution in [0.15, 0.2) is 0 Å². The number of likely N-dealkylation sites (tertiary alicyclic amines) is 1. The fourth-order valence-electron chi connectivity index (χ4n) is 2.57. The highest BCUT2D eigenvalue weighted by molar-refractivity contribution is 5.96. The fraction of sp³-hybridized carbons (Fsp3) is 0.643. The Kier molecular flexibility index (Phi) is 7.46. The summed E-state index contributed by atoms with van der Waals surface area (Å²) < 4.78 is 0. The van der Waals surface area contributed by atoms with Gasteiger partial charge in [-0.05, 0) is 0 Å². The Morgan fingerprint density at radius 2 is 1.77 bits per heavy atom. The molecule has 26 heavy (non-hydrogen) atoms. The molecule has 0 radical (unpaired) electrons. The number of carbonyl (C=O) groups is 5. The molecule has 8 N–H and O–H groups in total. The molecule has 1 saturated heterocycles. The van der Waals surface area contributed by atoms with E-state index in [1.54, 1.807) is 0 Å². The summed E-state index contributed by atoms with van der Waals surface area (Å²) in [6.45, 7) is 0.421. The molecule has 0 aliphatic carbocycles. The normalized spacial score (nSPS) is 21.6. The highest BCUT2D eigenvalue weighted by Crippen LogP contribution is 2.18. The summed E-state index contributed by atoms with van der Waals surface area (Å²) >= 11 is 0. The molecule has 1 rings (SSSR count). The SMILES string of the molecule is CC(=O)N1C[C@H](O)CC1C(=O)N[C@@H](CC(N)=O)C(=O)N[C@@H](CO)C(N)=O. The number of nitrogens with zero attached hydrogens (tertiary/aromatic N) is 1. The first-order valence-electron chi connectivity index (χ1n) is 7.81. The van der Waals surface area contributed by atoms with Gasteiger partial charge in [-0.1, -0.05) is 0 Å². The third kappa shape index (κ3) is 5.67. The van der Waals surface area contributed by atoms with E-state index in [0.29, 0.717) is 0 Å². The smallest absolute Gasteiger partial charge is 0.243 e. The topological polar surface area (TPSA) is 205 Å². The second-order valence-electron chi connectivity index (χ2n) is 5.95. The Labute approximate surface area is 148 Å². The Hall–Kier alpha value is -2.73. The number of primary amides is 2. The third-order valence-corrected chi connectivity index (χ3v) is 3.87. The number of aliphatic hydroxyl groups is 2. The van der Waals surface area contributed by atoms with Gasteiger partial charge < -0.3 is 37.2 Å². The lowest BCUT2D eigenvalue weighted by Crippen LogP contribution is -2.57. The monoisotopic (exact) mass is 373 g/mol. The molecular formula is C14H23N5O7. The van der Waals surface area contributed by atoms with E-state index >= 15 is 0 Å². The minimum absolute atomic E-state index is 0.0309. The Bertz CT molecular complexity index is 596. The number of nitrogens with one attached hydrogen (secondary N) is 2. The van der Waals surface area contributed by atoms with E-state index < -0.39 is 66.8 Å². The van der Waals surface area contributed by atoms with Gasteiger partial charge in [-0.3, -0.25) is 24.0 Å². The number of aliphatic hydroxyl groups excluding tert-OH is 2. The molecule has 12 heteroatoms. The van der Waals surface area contributed by atoms with Crippen LogP contribution in [0.1, 0.15) is 19.8 Å². The molecule has 1 aliphatic heterocycles. The molecule has 5 amide bonds. The van der Waals surface area contributed by atoms with Crippen molar-refractivity contribution >= 4 is 29.5 Å². The van der Waals surface area contributed by atoms with E-state index in [-0.39, 0.29) is 13.0 Å². The largest absolute Gasteiger partial charge is 0.394 e. The average molecular weight is 373 g/mol. The predicted molar refractivity (Wildman–Crippen MR) is 85.8 cm³/mol. The van der Waals surface area contributed by atoms with Gasteiger partial charge in [0, 0.05) is 19.9 Å².